The number of hydrogen-bond acceptors (Lipinski definition) is 7. The summed E-state index contributed by atoms with van der Waals surface area (Å²) in [6, 6.07) is 1.92. The molecule has 1 saturated carbocycles. The Balaban J connectivity index is 0.000000847. The Hall–Kier alpha value is -1.84. The smallest absolute Gasteiger partial charge is 0.153 e. The molecule has 9 heteroatoms. The van der Waals surface area contributed by atoms with Crippen LogP contribution in [0.3, 0.4) is 0 Å². The van der Waals surface area contributed by atoms with Crippen molar-refractivity contribution in [3.05, 3.63) is 23.4 Å². The average molecular weight is 324 g/mol. The van der Waals surface area contributed by atoms with Crippen LogP contribution in [0.4, 0.5) is 11.4 Å². The van der Waals surface area contributed by atoms with Crippen molar-refractivity contribution in [1.29, 1.82) is 0 Å². The minimum atomic E-state index is -2.43. The topological polar surface area (TPSA) is 125 Å². The highest BCUT2D eigenvalue weighted by molar-refractivity contribution is 7.77. The van der Waals surface area contributed by atoms with Crippen molar-refractivity contribution in [2.45, 2.75) is 31.7 Å². The molecule has 1 unspecified atom stereocenters. The van der Waals surface area contributed by atoms with Gasteiger partial charge >= 0.3 is 0 Å². The maximum atomic E-state index is 11.1. The molecule has 2 aromatic rings. The Kier molecular flexibility index (Phi) is 5.58. The zero-order valence-corrected chi connectivity index (χ0v) is 13.0. The first-order valence-corrected chi connectivity index (χ1v) is 8.01. The maximum Gasteiger partial charge on any atom is 0.153 e. The van der Waals surface area contributed by atoms with Crippen LogP contribution in [0, 0.1) is 4.91 Å². The fourth-order valence-corrected chi connectivity index (χ4v) is 3.11. The van der Waals surface area contributed by atoms with Crippen LogP contribution in [0.2, 0.25) is 0 Å². The number of nitroso groups, excluding NO2 is 1. The molecule has 0 amide bonds. The summed E-state index contributed by atoms with van der Waals surface area (Å²) in [6.45, 7) is 0. The van der Waals surface area contributed by atoms with E-state index < -0.39 is 11.3 Å². The van der Waals surface area contributed by atoms with Gasteiger partial charge in [-0.25, -0.2) is 4.98 Å². The number of nitrogens with one attached hydrogen (secondary N) is 1. The van der Waals surface area contributed by atoms with Crippen molar-refractivity contribution in [3.8, 4) is 0 Å². The van der Waals surface area contributed by atoms with Crippen molar-refractivity contribution in [2.24, 2.45) is 10.9 Å². The van der Waals surface area contributed by atoms with Crippen molar-refractivity contribution < 1.29 is 8.76 Å². The van der Waals surface area contributed by atoms with Crippen LogP contribution in [0.1, 0.15) is 25.7 Å². The van der Waals surface area contributed by atoms with E-state index in [4.69, 9.17) is 0 Å². The standard InChI is InChI=1S/C12H14N4O3S.CH5N/c17-15-10-7-13-12-9(5-6-16(12)20(18)19)11(10)14-8-3-1-2-4-8;1-2/h5-8H,1-4H2,(H,13,14)(H,18,19);2H2,1H3/p-1. The number of nitrogens with zero attached hydrogens (tertiary/aromatic N) is 3. The molecule has 0 bridgehead atoms. The third-order valence-corrected chi connectivity index (χ3v) is 4.24. The molecular weight excluding hydrogens is 306 g/mol. The van der Waals surface area contributed by atoms with Gasteiger partial charge in [-0.2, -0.15) is 0 Å². The SMILES string of the molecule is CN.O=Nc1cnc2c(ccn2S(=O)[O-])c1NC1CCCC1. The first kappa shape index (κ1) is 16.5. The number of rotatable bonds is 4. The zero-order chi connectivity index (χ0) is 16.1. The van der Waals surface area contributed by atoms with Crippen LogP contribution in [0.5, 0.6) is 0 Å². The van der Waals surface area contributed by atoms with Crippen molar-refractivity contribution in [1.82, 2.24) is 8.96 Å². The van der Waals surface area contributed by atoms with Crippen LogP contribution < -0.4 is 11.1 Å². The molecule has 2 aromatic heterocycles. The number of anilines is 1. The lowest BCUT2D eigenvalue weighted by molar-refractivity contribution is 0.529. The van der Waals surface area contributed by atoms with E-state index in [0.29, 0.717) is 22.8 Å². The van der Waals surface area contributed by atoms with Gasteiger partial charge in [0.25, 0.3) is 0 Å². The Morgan fingerprint density at radius 1 is 1.45 bits per heavy atom. The van der Waals surface area contributed by atoms with E-state index in [9.17, 15) is 13.7 Å². The highest BCUT2D eigenvalue weighted by atomic mass is 32.2. The van der Waals surface area contributed by atoms with Gasteiger partial charge in [0.05, 0.1) is 23.2 Å². The van der Waals surface area contributed by atoms with Crippen LogP contribution in [-0.4, -0.2) is 30.8 Å². The molecule has 120 valence electrons. The van der Waals surface area contributed by atoms with Gasteiger partial charge in [0.15, 0.2) is 5.65 Å². The quantitative estimate of drug-likeness (QED) is 0.654. The molecular formula is C13H18N5O3S-. The minimum absolute atomic E-state index is 0.207. The second-order valence-corrected chi connectivity index (χ2v) is 5.66. The van der Waals surface area contributed by atoms with Crippen molar-refractivity contribution >= 4 is 33.7 Å². The van der Waals surface area contributed by atoms with Gasteiger partial charge in [-0.05, 0) is 31.1 Å². The predicted octanol–water partition coefficient (Wildman–Crippen LogP) is 2.01. The monoisotopic (exact) mass is 324 g/mol. The molecule has 0 spiro atoms. The molecule has 0 radical (unpaired) electrons. The largest absolute Gasteiger partial charge is 0.755 e. The summed E-state index contributed by atoms with van der Waals surface area (Å²) in [6.07, 6.45) is 7.10. The van der Waals surface area contributed by atoms with Crippen molar-refractivity contribution in [2.75, 3.05) is 12.4 Å². The highest BCUT2D eigenvalue weighted by Crippen LogP contribution is 2.35. The molecule has 22 heavy (non-hydrogen) atoms. The minimum Gasteiger partial charge on any atom is -0.755 e. The molecule has 3 rings (SSSR count). The van der Waals surface area contributed by atoms with Gasteiger partial charge in [-0.3, -0.25) is 8.18 Å². The summed E-state index contributed by atoms with van der Waals surface area (Å²) in [4.78, 5) is 14.9. The zero-order valence-electron chi connectivity index (χ0n) is 12.2. The van der Waals surface area contributed by atoms with E-state index in [1.54, 1.807) is 6.07 Å². The molecule has 1 aliphatic carbocycles. The molecule has 1 aliphatic rings. The summed E-state index contributed by atoms with van der Waals surface area (Å²) in [5.41, 5.74) is 5.58. The van der Waals surface area contributed by atoms with E-state index in [0.717, 1.165) is 29.7 Å². The van der Waals surface area contributed by atoms with Gasteiger partial charge in [-0.1, -0.05) is 12.8 Å². The third-order valence-electron chi connectivity index (χ3n) is 3.62. The lowest BCUT2D eigenvalue weighted by Crippen LogP contribution is -2.15. The maximum absolute atomic E-state index is 11.1. The van der Waals surface area contributed by atoms with E-state index in [-0.39, 0.29) is 5.69 Å². The second kappa shape index (κ2) is 7.43. The second-order valence-electron chi connectivity index (χ2n) is 4.83. The van der Waals surface area contributed by atoms with Crippen LogP contribution in [0.25, 0.3) is 11.0 Å². The molecule has 1 fully saturated rings. The van der Waals surface area contributed by atoms with Crippen molar-refractivity contribution in [3.63, 3.8) is 0 Å². The summed E-state index contributed by atoms with van der Waals surface area (Å²) < 4.78 is 23.2. The molecule has 3 N–H and O–H groups in total. The summed E-state index contributed by atoms with van der Waals surface area (Å²) in [7, 11) is 1.50. The number of pyridine rings is 1. The first-order chi connectivity index (χ1) is 10.7. The first-order valence-electron chi connectivity index (χ1n) is 6.98. The molecule has 0 saturated heterocycles. The third kappa shape index (κ3) is 3.16. The normalized spacial score (nSPS) is 16.1. The summed E-state index contributed by atoms with van der Waals surface area (Å²) >= 11 is -2.43. The Bertz CT molecular complexity index is 682. The molecule has 0 aromatic carbocycles. The van der Waals surface area contributed by atoms with Crippen LogP contribution in [0.15, 0.2) is 23.6 Å². The average Bonchev–Trinajstić information content (AvgIpc) is 3.18. The van der Waals surface area contributed by atoms with Gasteiger partial charge in [0, 0.05) is 17.6 Å². The number of hydrogen-bond donors (Lipinski definition) is 2. The molecule has 2 heterocycles. The van der Waals surface area contributed by atoms with Crippen LogP contribution in [-0.2, 0) is 11.3 Å². The molecule has 8 nitrogen and oxygen atoms in total. The highest BCUT2D eigenvalue weighted by Gasteiger charge is 2.19. The number of nitrogens with two attached hydrogens (primary N) is 1. The summed E-state index contributed by atoms with van der Waals surface area (Å²) in [5.74, 6) is 0. The summed E-state index contributed by atoms with van der Waals surface area (Å²) in [5, 5.41) is 6.88. The van der Waals surface area contributed by atoms with E-state index in [1.807, 2.05) is 0 Å². The van der Waals surface area contributed by atoms with E-state index in [1.165, 1.54) is 19.4 Å². The van der Waals surface area contributed by atoms with E-state index >= 15 is 0 Å². The Labute approximate surface area is 130 Å². The number of fused-ring (bicyclic) bond motifs is 1. The molecule has 0 aliphatic heterocycles. The van der Waals surface area contributed by atoms with Gasteiger partial charge in [0.2, 0.25) is 0 Å². The fourth-order valence-electron chi connectivity index (χ4n) is 2.67. The fraction of sp³-hybridized carbons (Fsp3) is 0.462. The Morgan fingerprint density at radius 2 is 2.14 bits per heavy atom. The lowest BCUT2D eigenvalue weighted by Gasteiger charge is -2.15. The van der Waals surface area contributed by atoms with Gasteiger partial charge in [-0.15, -0.1) is 4.91 Å². The van der Waals surface area contributed by atoms with Crippen LogP contribution >= 0.6 is 0 Å². The lowest BCUT2D eigenvalue weighted by atomic mass is 10.2. The molecule has 1 atom stereocenters. The number of aromatic nitrogens is 2. The Morgan fingerprint density at radius 3 is 2.73 bits per heavy atom. The van der Waals surface area contributed by atoms with Gasteiger partial charge < -0.3 is 15.6 Å². The predicted molar refractivity (Wildman–Crippen MR) is 85.5 cm³/mol. The van der Waals surface area contributed by atoms with Gasteiger partial charge in [0.1, 0.15) is 5.69 Å². The van der Waals surface area contributed by atoms with E-state index in [2.05, 4.69) is 21.2 Å².